The Morgan fingerprint density at radius 2 is 2.00 bits per heavy atom. The number of nitrogens with zero attached hydrogens (tertiary/aromatic N) is 1. The van der Waals surface area contributed by atoms with Crippen LogP contribution in [0.15, 0.2) is 18.2 Å². The smallest absolute Gasteiger partial charge is 0.110 e. The number of benzene rings is 1. The summed E-state index contributed by atoms with van der Waals surface area (Å²) in [6.07, 6.45) is 2.60. The van der Waals surface area contributed by atoms with E-state index in [2.05, 4.69) is 41.9 Å². The van der Waals surface area contributed by atoms with Crippen molar-refractivity contribution in [1.29, 1.82) is 0 Å². The Hall–Kier alpha value is -1.48. The number of anilines is 1. The van der Waals surface area contributed by atoms with Crippen LogP contribution in [0.5, 0.6) is 0 Å². The second kappa shape index (κ2) is 3.54. The van der Waals surface area contributed by atoms with Crippen LogP contribution in [0.2, 0.25) is 0 Å². The number of nitrogens with two attached hydrogens (primary N) is 1. The van der Waals surface area contributed by atoms with Gasteiger partial charge in [-0.25, -0.2) is 0 Å². The highest BCUT2D eigenvalue weighted by Crippen LogP contribution is 2.46. The summed E-state index contributed by atoms with van der Waals surface area (Å²) < 4.78 is 0. The molecule has 0 spiro atoms. The molecule has 2 bridgehead atoms. The lowest BCUT2D eigenvalue weighted by molar-refractivity contribution is 0.475. The number of nitrogens with one attached hydrogen (secondary N) is 1. The third-order valence-electron chi connectivity index (χ3n) is 4.78. The van der Waals surface area contributed by atoms with Gasteiger partial charge in [0.2, 0.25) is 0 Å². The van der Waals surface area contributed by atoms with E-state index in [-0.39, 0.29) is 5.54 Å². The van der Waals surface area contributed by atoms with Gasteiger partial charge in [-0.05, 0) is 50.3 Å². The Bertz CT molecular complexity index is 640. The van der Waals surface area contributed by atoms with Crippen LogP contribution in [-0.2, 0) is 5.54 Å². The van der Waals surface area contributed by atoms with Gasteiger partial charge in [-0.3, -0.25) is 0 Å². The van der Waals surface area contributed by atoms with E-state index in [9.17, 15) is 0 Å². The summed E-state index contributed by atoms with van der Waals surface area (Å²) in [7, 11) is 0. The second-order valence-corrected chi connectivity index (χ2v) is 6.63. The summed E-state index contributed by atoms with van der Waals surface area (Å²) in [5.41, 5.74) is 10.00. The molecule has 0 saturated carbocycles. The monoisotopic (exact) mass is 255 g/mol. The maximum Gasteiger partial charge on any atom is 0.110 e. The van der Waals surface area contributed by atoms with Gasteiger partial charge in [0.15, 0.2) is 0 Å². The first-order valence-corrected chi connectivity index (χ1v) is 7.24. The van der Waals surface area contributed by atoms with Crippen molar-refractivity contribution in [1.82, 2.24) is 4.98 Å². The van der Waals surface area contributed by atoms with E-state index < -0.39 is 0 Å². The van der Waals surface area contributed by atoms with E-state index >= 15 is 0 Å². The SMILES string of the molecule is CC(C)(N)c1ccc2[nH]c3c(c2c1)C1CCN3CC1. The minimum Gasteiger partial charge on any atom is -0.358 e. The predicted octanol–water partition coefficient (Wildman–Crippen LogP) is 3.06. The fourth-order valence-electron chi connectivity index (χ4n) is 3.65. The molecule has 3 heteroatoms. The molecule has 0 aliphatic carbocycles. The van der Waals surface area contributed by atoms with Crippen molar-refractivity contribution in [2.24, 2.45) is 5.73 Å². The molecule has 3 aliphatic rings. The van der Waals surface area contributed by atoms with Gasteiger partial charge in [-0.1, -0.05) is 6.07 Å². The van der Waals surface area contributed by atoms with Gasteiger partial charge in [0, 0.05) is 35.1 Å². The molecule has 2 aromatic rings. The van der Waals surface area contributed by atoms with Gasteiger partial charge in [0.1, 0.15) is 5.82 Å². The van der Waals surface area contributed by atoms with Gasteiger partial charge in [0.05, 0.1) is 0 Å². The fraction of sp³-hybridized carbons (Fsp3) is 0.500. The van der Waals surface area contributed by atoms with Crippen molar-refractivity contribution >= 4 is 16.7 Å². The summed E-state index contributed by atoms with van der Waals surface area (Å²) in [5, 5.41) is 1.39. The number of fused-ring (bicyclic) bond motifs is 3. The average molecular weight is 255 g/mol. The maximum absolute atomic E-state index is 6.25. The molecule has 1 saturated heterocycles. The van der Waals surface area contributed by atoms with E-state index in [0.29, 0.717) is 0 Å². The largest absolute Gasteiger partial charge is 0.358 e. The van der Waals surface area contributed by atoms with Crippen molar-refractivity contribution in [2.45, 2.75) is 38.1 Å². The first-order chi connectivity index (χ1) is 9.04. The zero-order chi connectivity index (χ0) is 13.2. The molecule has 3 aliphatic heterocycles. The van der Waals surface area contributed by atoms with Crippen LogP contribution >= 0.6 is 0 Å². The molecule has 1 fully saturated rings. The van der Waals surface area contributed by atoms with Gasteiger partial charge >= 0.3 is 0 Å². The minimum absolute atomic E-state index is 0.272. The van der Waals surface area contributed by atoms with E-state index in [1.807, 2.05) is 0 Å². The number of hydrogen-bond donors (Lipinski definition) is 2. The van der Waals surface area contributed by atoms with E-state index in [0.717, 1.165) is 5.92 Å². The van der Waals surface area contributed by atoms with E-state index in [4.69, 9.17) is 5.73 Å². The van der Waals surface area contributed by atoms with Crippen LogP contribution in [0, 0.1) is 0 Å². The van der Waals surface area contributed by atoms with Crippen molar-refractivity contribution in [3.05, 3.63) is 29.3 Å². The van der Waals surface area contributed by atoms with E-state index in [1.54, 1.807) is 5.56 Å². The summed E-state index contributed by atoms with van der Waals surface area (Å²) in [6, 6.07) is 6.65. The number of piperidine rings is 1. The van der Waals surface area contributed by atoms with Gasteiger partial charge in [-0.15, -0.1) is 0 Å². The zero-order valence-corrected chi connectivity index (χ0v) is 11.7. The molecule has 4 heterocycles. The Balaban J connectivity index is 1.97. The number of rotatable bonds is 1. The molecular weight excluding hydrogens is 234 g/mol. The standard InChI is InChI=1S/C16H21N3/c1-16(2,17)11-3-4-13-12(9-11)14-10-5-7-19(8-6-10)15(14)18-13/h3-4,9-10,18H,5-8,17H2,1-2H3. The number of H-pyrrole nitrogens is 1. The van der Waals surface area contributed by atoms with Gasteiger partial charge < -0.3 is 15.6 Å². The van der Waals surface area contributed by atoms with Crippen LogP contribution in [0.3, 0.4) is 0 Å². The third kappa shape index (κ3) is 1.54. The van der Waals surface area contributed by atoms with Gasteiger partial charge in [-0.2, -0.15) is 0 Å². The molecule has 3 N–H and O–H groups in total. The highest BCUT2D eigenvalue weighted by atomic mass is 15.2. The quantitative estimate of drug-likeness (QED) is 0.822. The summed E-state index contributed by atoms with van der Waals surface area (Å²) in [6.45, 7) is 6.56. The zero-order valence-electron chi connectivity index (χ0n) is 11.7. The summed E-state index contributed by atoms with van der Waals surface area (Å²) in [4.78, 5) is 6.11. The first-order valence-electron chi connectivity index (χ1n) is 7.24. The number of aromatic nitrogens is 1. The van der Waals surface area contributed by atoms with Crippen molar-refractivity contribution in [3.8, 4) is 0 Å². The summed E-state index contributed by atoms with van der Waals surface area (Å²) in [5.74, 6) is 2.11. The van der Waals surface area contributed by atoms with Crippen LogP contribution in [0.25, 0.3) is 10.9 Å². The predicted molar refractivity (Wildman–Crippen MR) is 79.7 cm³/mol. The molecule has 3 nitrogen and oxygen atoms in total. The van der Waals surface area contributed by atoms with Crippen molar-refractivity contribution in [2.75, 3.05) is 18.0 Å². The molecule has 0 atom stereocenters. The molecule has 100 valence electrons. The second-order valence-electron chi connectivity index (χ2n) is 6.63. The van der Waals surface area contributed by atoms with Crippen LogP contribution < -0.4 is 10.6 Å². The lowest BCUT2D eigenvalue weighted by atomic mass is 9.83. The number of aromatic amines is 1. The normalized spacial score (nSPS) is 19.2. The van der Waals surface area contributed by atoms with Crippen LogP contribution in [0.1, 0.15) is 43.7 Å². The Morgan fingerprint density at radius 3 is 2.68 bits per heavy atom. The number of hydrogen-bond acceptors (Lipinski definition) is 2. The van der Waals surface area contributed by atoms with E-state index in [1.165, 1.54) is 48.2 Å². The molecule has 1 aromatic heterocycles. The highest BCUT2D eigenvalue weighted by molar-refractivity contribution is 5.91. The lowest BCUT2D eigenvalue weighted by Gasteiger charge is -2.40. The fourth-order valence-corrected chi connectivity index (χ4v) is 3.65. The molecule has 0 amide bonds. The Labute approximate surface area is 113 Å². The minimum atomic E-state index is -0.272. The Morgan fingerprint density at radius 1 is 1.26 bits per heavy atom. The van der Waals surface area contributed by atoms with Crippen LogP contribution in [0.4, 0.5) is 5.82 Å². The third-order valence-corrected chi connectivity index (χ3v) is 4.78. The maximum atomic E-state index is 6.25. The Kier molecular flexibility index (Phi) is 2.12. The molecule has 1 aromatic carbocycles. The molecule has 0 unspecified atom stereocenters. The lowest BCUT2D eigenvalue weighted by Crippen LogP contribution is -2.38. The molecule has 5 rings (SSSR count). The van der Waals surface area contributed by atoms with Crippen molar-refractivity contribution in [3.63, 3.8) is 0 Å². The molecule has 19 heavy (non-hydrogen) atoms. The van der Waals surface area contributed by atoms with Crippen LogP contribution in [-0.4, -0.2) is 18.1 Å². The topological polar surface area (TPSA) is 45.1 Å². The van der Waals surface area contributed by atoms with Crippen molar-refractivity contribution < 1.29 is 0 Å². The summed E-state index contributed by atoms with van der Waals surface area (Å²) >= 11 is 0. The molecule has 0 radical (unpaired) electrons. The van der Waals surface area contributed by atoms with Gasteiger partial charge in [0.25, 0.3) is 0 Å². The molecular formula is C16H21N3. The first kappa shape index (κ1) is 11.4. The highest BCUT2D eigenvalue weighted by Gasteiger charge is 2.34. The average Bonchev–Trinajstić information content (AvgIpc) is 2.79.